The zero-order valence-electron chi connectivity index (χ0n) is 12.2. The summed E-state index contributed by atoms with van der Waals surface area (Å²) in [4.78, 5) is 20.4. The smallest absolute Gasteiger partial charge is 0.335 e. The first-order chi connectivity index (χ1) is 10.0. The molecule has 0 saturated carbocycles. The van der Waals surface area contributed by atoms with Crippen molar-refractivity contribution < 1.29 is 9.90 Å². The second-order valence-electron chi connectivity index (χ2n) is 5.60. The molecule has 0 aliphatic carbocycles. The number of carboxylic acid groups (broad SMARTS) is 1. The Kier molecular flexibility index (Phi) is 3.82. The summed E-state index contributed by atoms with van der Waals surface area (Å²) in [5.41, 5.74) is 1.07. The summed E-state index contributed by atoms with van der Waals surface area (Å²) in [6.45, 7) is 8.50. The maximum atomic E-state index is 11.0. The Morgan fingerprint density at radius 2 is 2.00 bits per heavy atom. The lowest BCUT2D eigenvalue weighted by atomic mass is 10.2. The van der Waals surface area contributed by atoms with E-state index in [1.165, 1.54) is 0 Å². The van der Waals surface area contributed by atoms with Crippen LogP contribution in [0, 0.1) is 0 Å². The Hall–Kier alpha value is -1.66. The number of carbonyl (C=O) groups is 1. The zero-order chi connectivity index (χ0) is 15.0. The van der Waals surface area contributed by atoms with E-state index >= 15 is 0 Å². The van der Waals surface area contributed by atoms with Gasteiger partial charge in [0.2, 0.25) is 0 Å². The number of nitrogens with zero attached hydrogens (tertiary/aromatic N) is 3. The molecule has 2 heterocycles. The number of aromatic carboxylic acids is 1. The van der Waals surface area contributed by atoms with Crippen LogP contribution >= 0.6 is 11.3 Å². The van der Waals surface area contributed by atoms with E-state index in [9.17, 15) is 4.79 Å². The molecule has 21 heavy (non-hydrogen) atoms. The minimum Gasteiger partial charge on any atom is -0.478 e. The Balaban J connectivity index is 1.80. The SMILES string of the molecule is CC(C)N1CCN(c2nc3cc(C(=O)O)ccc3s2)CC1. The molecule has 0 atom stereocenters. The molecule has 0 amide bonds. The lowest BCUT2D eigenvalue weighted by Gasteiger charge is -2.36. The highest BCUT2D eigenvalue weighted by molar-refractivity contribution is 7.22. The van der Waals surface area contributed by atoms with Gasteiger partial charge in [0.1, 0.15) is 0 Å². The Morgan fingerprint density at radius 1 is 1.29 bits per heavy atom. The molecular formula is C15H19N3O2S. The van der Waals surface area contributed by atoms with Crippen molar-refractivity contribution in [2.45, 2.75) is 19.9 Å². The van der Waals surface area contributed by atoms with Crippen LogP contribution in [0.1, 0.15) is 24.2 Å². The average Bonchev–Trinajstić information content (AvgIpc) is 2.90. The number of thiazole rings is 1. The first-order valence-corrected chi connectivity index (χ1v) is 7.99. The number of rotatable bonds is 3. The van der Waals surface area contributed by atoms with Crippen LogP contribution in [-0.4, -0.2) is 53.2 Å². The van der Waals surface area contributed by atoms with E-state index in [2.05, 4.69) is 28.6 Å². The van der Waals surface area contributed by atoms with Gasteiger partial charge in [0.25, 0.3) is 0 Å². The van der Waals surface area contributed by atoms with Gasteiger partial charge in [-0.15, -0.1) is 0 Å². The maximum absolute atomic E-state index is 11.0. The van der Waals surface area contributed by atoms with E-state index in [4.69, 9.17) is 5.11 Å². The van der Waals surface area contributed by atoms with Crippen molar-refractivity contribution in [3.63, 3.8) is 0 Å². The maximum Gasteiger partial charge on any atom is 0.335 e. The highest BCUT2D eigenvalue weighted by Crippen LogP contribution is 2.30. The van der Waals surface area contributed by atoms with Crippen LogP contribution in [-0.2, 0) is 0 Å². The molecule has 0 bridgehead atoms. The van der Waals surface area contributed by atoms with E-state index in [-0.39, 0.29) is 0 Å². The van der Waals surface area contributed by atoms with E-state index in [0.717, 1.165) is 41.5 Å². The fraction of sp³-hybridized carbons (Fsp3) is 0.467. The van der Waals surface area contributed by atoms with Gasteiger partial charge in [0.05, 0.1) is 15.8 Å². The lowest BCUT2D eigenvalue weighted by Crippen LogP contribution is -2.48. The average molecular weight is 305 g/mol. The first kappa shape index (κ1) is 14.3. The molecule has 6 heteroatoms. The van der Waals surface area contributed by atoms with Crippen LogP contribution < -0.4 is 4.90 Å². The van der Waals surface area contributed by atoms with Gasteiger partial charge >= 0.3 is 5.97 Å². The summed E-state index contributed by atoms with van der Waals surface area (Å²) in [5, 5.41) is 10.0. The molecule has 1 aliphatic rings. The fourth-order valence-corrected chi connectivity index (χ4v) is 3.61. The van der Waals surface area contributed by atoms with Crippen LogP contribution in [0.5, 0.6) is 0 Å². The number of hydrogen-bond acceptors (Lipinski definition) is 5. The second-order valence-corrected chi connectivity index (χ2v) is 6.61. The van der Waals surface area contributed by atoms with E-state index in [1.807, 2.05) is 6.07 Å². The molecule has 1 aromatic carbocycles. The number of carboxylic acids is 1. The van der Waals surface area contributed by atoms with Crippen molar-refractivity contribution in [2.75, 3.05) is 31.1 Å². The highest BCUT2D eigenvalue weighted by Gasteiger charge is 2.21. The van der Waals surface area contributed by atoms with Crippen molar-refractivity contribution in [2.24, 2.45) is 0 Å². The summed E-state index contributed by atoms with van der Waals surface area (Å²) in [6, 6.07) is 5.73. The van der Waals surface area contributed by atoms with E-state index < -0.39 is 5.97 Å². The largest absolute Gasteiger partial charge is 0.478 e. The quantitative estimate of drug-likeness (QED) is 0.944. The molecule has 1 aliphatic heterocycles. The van der Waals surface area contributed by atoms with Gasteiger partial charge in [-0.2, -0.15) is 0 Å². The number of fused-ring (bicyclic) bond motifs is 1. The van der Waals surface area contributed by atoms with Crippen molar-refractivity contribution in [3.05, 3.63) is 23.8 Å². The van der Waals surface area contributed by atoms with Gasteiger partial charge in [-0.05, 0) is 32.0 Å². The third kappa shape index (κ3) is 2.87. The first-order valence-electron chi connectivity index (χ1n) is 7.17. The van der Waals surface area contributed by atoms with Gasteiger partial charge in [-0.25, -0.2) is 9.78 Å². The highest BCUT2D eigenvalue weighted by atomic mass is 32.1. The molecule has 2 aromatic rings. The minimum absolute atomic E-state index is 0.295. The van der Waals surface area contributed by atoms with Crippen LogP contribution in [0.4, 0.5) is 5.13 Å². The van der Waals surface area contributed by atoms with E-state index in [0.29, 0.717) is 11.6 Å². The summed E-state index contributed by atoms with van der Waals surface area (Å²) < 4.78 is 1.04. The van der Waals surface area contributed by atoms with Gasteiger partial charge < -0.3 is 10.0 Å². The predicted molar refractivity (Wildman–Crippen MR) is 85.5 cm³/mol. The minimum atomic E-state index is -0.906. The van der Waals surface area contributed by atoms with E-state index in [1.54, 1.807) is 23.5 Å². The molecule has 1 aromatic heterocycles. The molecule has 0 radical (unpaired) electrons. The lowest BCUT2D eigenvalue weighted by molar-refractivity contribution is 0.0697. The third-order valence-electron chi connectivity index (χ3n) is 3.94. The molecular weight excluding hydrogens is 286 g/mol. The Labute approximate surface area is 127 Å². The number of piperazine rings is 1. The Morgan fingerprint density at radius 3 is 2.62 bits per heavy atom. The second kappa shape index (κ2) is 5.61. The predicted octanol–water partition coefficient (Wildman–Crippen LogP) is 2.52. The molecule has 1 saturated heterocycles. The number of anilines is 1. The third-order valence-corrected chi connectivity index (χ3v) is 5.04. The molecule has 0 spiro atoms. The monoisotopic (exact) mass is 305 g/mol. The van der Waals surface area contributed by atoms with Crippen LogP contribution in [0.25, 0.3) is 10.2 Å². The van der Waals surface area contributed by atoms with Crippen molar-refractivity contribution in [1.29, 1.82) is 0 Å². The van der Waals surface area contributed by atoms with Gasteiger partial charge in [-0.3, -0.25) is 4.90 Å². The van der Waals surface area contributed by atoms with Gasteiger partial charge in [0, 0.05) is 32.2 Å². The van der Waals surface area contributed by atoms with Crippen molar-refractivity contribution >= 4 is 32.7 Å². The molecule has 0 unspecified atom stereocenters. The Bertz CT molecular complexity index is 660. The molecule has 1 N–H and O–H groups in total. The summed E-state index contributed by atoms with van der Waals surface area (Å²) in [6.07, 6.45) is 0. The van der Waals surface area contributed by atoms with Crippen molar-refractivity contribution in [3.8, 4) is 0 Å². The number of hydrogen-bond donors (Lipinski definition) is 1. The zero-order valence-corrected chi connectivity index (χ0v) is 13.1. The molecule has 1 fully saturated rings. The summed E-state index contributed by atoms with van der Waals surface area (Å²) in [7, 11) is 0. The fourth-order valence-electron chi connectivity index (χ4n) is 2.61. The van der Waals surface area contributed by atoms with Crippen LogP contribution in [0.15, 0.2) is 18.2 Å². The summed E-state index contributed by atoms with van der Waals surface area (Å²) in [5.74, 6) is -0.906. The number of aromatic nitrogens is 1. The van der Waals surface area contributed by atoms with Gasteiger partial charge in [-0.1, -0.05) is 11.3 Å². The number of benzene rings is 1. The van der Waals surface area contributed by atoms with Crippen molar-refractivity contribution in [1.82, 2.24) is 9.88 Å². The molecule has 3 rings (SSSR count). The standard InChI is InChI=1S/C15H19N3O2S/c1-10(2)17-5-7-18(8-6-17)15-16-12-9-11(14(19)20)3-4-13(12)21-15/h3-4,9-10H,5-8H2,1-2H3,(H,19,20). The molecule has 5 nitrogen and oxygen atoms in total. The topological polar surface area (TPSA) is 56.7 Å². The van der Waals surface area contributed by atoms with Gasteiger partial charge in [0.15, 0.2) is 5.13 Å². The molecule has 112 valence electrons. The van der Waals surface area contributed by atoms with Crippen LogP contribution in [0.3, 0.4) is 0 Å². The van der Waals surface area contributed by atoms with Crippen LogP contribution in [0.2, 0.25) is 0 Å². The normalized spacial score (nSPS) is 16.8. The summed E-state index contributed by atoms with van der Waals surface area (Å²) >= 11 is 1.64.